The summed E-state index contributed by atoms with van der Waals surface area (Å²) in [5, 5.41) is 3.43. The number of rotatable bonds is 1. The minimum atomic E-state index is 0.298. The van der Waals surface area contributed by atoms with E-state index in [1.165, 1.54) is 24.0 Å². The van der Waals surface area contributed by atoms with Crippen LogP contribution in [0, 0.1) is 0 Å². The second-order valence-corrected chi connectivity index (χ2v) is 4.69. The molecule has 1 aromatic rings. The van der Waals surface area contributed by atoms with E-state index in [0.717, 1.165) is 18.8 Å². The van der Waals surface area contributed by atoms with E-state index in [-0.39, 0.29) is 0 Å². The Morgan fingerprint density at radius 2 is 2.06 bits per heavy atom. The first-order valence-corrected chi connectivity index (χ1v) is 5.93. The summed E-state index contributed by atoms with van der Waals surface area (Å²) in [6.07, 6.45) is 7.06. The van der Waals surface area contributed by atoms with Gasteiger partial charge in [0.05, 0.1) is 7.11 Å². The molecule has 0 atom stereocenters. The molecular weight excluding hydrogens is 198 g/mol. The highest BCUT2D eigenvalue weighted by molar-refractivity contribution is 5.66. The number of hydrogen-bond donors (Lipinski definition) is 1. The van der Waals surface area contributed by atoms with Gasteiger partial charge in [-0.1, -0.05) is 18.2 Å². The number of methoxy groups -OCH3 is 1. The molecule has 0 bridgehead atoms. The molecule has 1 saturated heterocycles. The molecule has 2 heteroatoms. The molecule has 0 unspecified atom stereocenters. The van der Waals surface area contributed by atoms with E-state index < -0.39 is 0 Å². The number of hydrogen-bond acceptors (Lipinski definition) is 2. The van der Waals surface area contributed by atoms with Crippen LogP contribution in [-0.4, -0.2) is 20.2 Å². The Bertz CT molecular complexity index is 430. The van der Waals surface area contributed by atoms with Gasteiger partial charge in [-0.3, -0.25) is 0 Å². The summed E-state index contributed by atoms with van der Waals surface area (Å²) in [6, 6.07) is 6.46. The zero-order chi connectivity index (χ0) is 11.0. The summed E-state index contributed by atoms with van der Waals surface area (Å²) < 4.78 is 5.27. The van der Waals surface area contributed by atoms with Gasteiger partial charge in [0.1, 0.15) is 5.75 Å². The Labute approximate surface area is 96.3 Å². The first kappa shape index (κ1) is 9.91. The Hall–Kier alpha value is -1.28. The van der Waals surface area contributed by atoms with Gasteiger partial charge >= 0.3 is 0 Å². The SMILES string of the molecule is COc1ccc2c(c1)C=CC21CCNCC1. The van der Waals surface area contributed by atoms with Crippen molar-refractivity contribution >= 4 is 6.08 Å². The minimum Gasteiger partial charge on any atom is -0.497 e. The van der Waals surface area contributed by atoms with Gasteiger partial charge in [-0.05, 0) is 49.2 Å². The standard InChI is InChI=1S/C14H17NO/c1-16-12-2-3-13-11(10-12)4-5-14(13)6-8-15-9-7-14/h2-5,10,15H,6-9H2,1H3. The van der Waals surface area contributed by atoms with Crippen LogP contribution >= 0.6 is 0 Å². The van der Waals surface area contributed by atoms with Crippen LogP contribution in [0.2, 0.25) is 0 Å². The van der Waals surface area contributed by atoms with E-state index >= 15 is 0 Å². The van der Waals surface area contributed by atoms with Crippen LogP contribution in [0.15, 0.2) is 24.3 Å². The van der Waals surface area contributed by atoms with Gasteiger partial charge in [-0.2, -0.15) is 0 Å². The van der Waals surface area contributed by atoms with Crippen molar-refractivity contribution in [1.82, 2.24) is 5.32 Å². The number of piperidine rings is 1. The third-order valence-electron chi connectivity index (χ3n) is 3.87. The molecule has 3 rings (SSSR count). The van der Waals surface area contributed by atoms with Crippen molar-refractivity contribution in [2.75, 3.05) is 20.2 Å². The van der Waals surface area contributed by atoms with Crippen LogP contribution in [0.25, 0.3) is 6.08 Å². The molecule has 0 saturated carbocycles. The monoisotopic (exact) mass is 215 g/mol. The van der Waals surface area contributed by atoms with Crippen molar-refractivity contribution < 1.29 is 4.74 Å². The van der Waals surface area contributed by atoms with Gasteiger partial charge in [-0.25, -0.2) is 0 Å². The largest absolute Gasteiger partial charge is 0.497 e. The highest BCUT2D eigenvalue weighted by Gasteiger charge is 2.35. The predicted molar refractivity (Wildman–Crippen MR) is 65.8 cm³/mol. The van der Waals surface area contributed by atoms with Crippen molar-refractivity contribution in [2.24, 2.45) is 0 Å². The summed E-state index contributed by atoms with van der Waals surface area (Å²) >= 11 is 0. The van der Waals surface area contributed by atoms with Crippen molar-refractivity contribution in [3.8, 4) is 5.75 Å². The van der Waals surface area contributed by atoms with Gasteiger partial charge in [0.2, 0.25) is 0 Å². The molecule has 84 valence electrons. The zero-order valence-corrected chi connectivity index (χ0v) is 9.62. The molecule has 1 heterocycles. The third kappa shape index (κ3) is 1.37. The average Bonchev–Trinajstić information content (AvgIpc) is 2.69. The number of nitrogens with one attached hydrogen (secondary N) is 1. The summed E-state index contributed by atoms with van der Waals surface area (Å²) in [4.78, 5) is 0. The highest BCUT2D eigenvalue weighted by Crippen LogP contribution is 2.43. The van der Waals surface area contributed by atoms with Crippen LogP contribution < -0.4 is 10.1 Å². The second kappa shape index (κ2) is 3.63. The fourth-order valence-corrected chi connectivity index (χ4v) is 2.91. The molecule has 2 nitrogen and oxygen atoms in total. The highest BCUT2D eigenvalue weighted by atomic mass is 16.5. The van der Waals surface area contributed by atoms with Crippen LogP contribution in [0.4, 0.5) is 0 Å². The summed E-state index contributed by atoms with van der Waals surface area (Å²) in [7, 11) is 1.72. The van der Waals surface area contributed by atoms with Crippen LogP contribution in [0.5, 0.6) is 5.75 Å². The molecule has 1 N–H and O–H groups in total. The summed E-state index contributed by atoms with van der Waals surface area (Å²) in [6.45, 7) is 2.24. The van der Waals surface area contributed by atoms with Crippen LogP contribution in [0.3, 0.4) is 0 Å². The van der Waals surface area contributed by atoms with E-state index in [4.69, 9.17) is 4.74 Å². The number of fused-ring (bicyclic) bond motifs is 2. The van der Waals surface area contributed by atoms with E-state index in [0.29, 0.717) is 5.41 Å². The van der Waals surface area contributed by atoms with Crippen molar-refractivity contribution in [3.05, 3.63) is 35.4 Å². The molecule has 0 amide bonds. The molecule has 1 aromatic carbocycles. The fraction of sp³-hybridized carbons (Fsp3) is 0.429. The summed E-state index contributed by atoms with van der Waals surface area (Å²) in [5.74, 6) is 0.953. The maximum Gasteiger partial charge on any atom is 0.119 e. The molecule has 2 aliphatic rings. The molecule has 0 aromatic heterocycles. The lowest BCUT2D eigenvalue weighted by Gasteiger charge is -2.33. The first-order chi connectivity index (χ1) is 7.84. The Balaban J connectivity index is 2.02. The lowest BCUT2D eigenvalue weighted by molar-refractivity contribution is 0.377. The smallest absolute Gasteiger partial charge is 0.119 e. The molecule has 16 heavy (non-hydrogen) atoms. The predicted octanol–water partition coefficient (Wildman–Crippen LogP) is 2.34. The van der Waals surface area contributed by atoms with E-state index in [9.17, 15) is 0 Å². The molecule has 1 aliphatic heterocycles. The second-order valence-electron chi connectivity index (χ2n) is 4.69. The number of ether oxygens (including phenoxy) is 1. The normalized spacial score (nSPS) is 21.1. The zero-order valence-electron chi connectivity index (χ0n) is 9.62. The van der Waals surface area contributed by atoms with Gasteiger partial charge in [0, 0.05) is 5.41 Å². The van der Waals surface area contributed by atoms with Crippen molar-refractivity contribution in [3.63, 3.8) is 0 Å². The minimum absolute atomic E-state index is 0.298. The van der Waals surface area contributed by atoms with Gasteiger partial charge < -0.3 is 10.1 Å². The van der Waals surface area contributed by atoms with E-state index in [1.807, 2.05) is 0 Å². The number of benzene rings is 1. The first-order valence-electron chi connectivity index (χ1n) is 5.93. The molecule has 0 radical (unpaired) electrons. The van der Waals surface area contributed by atoms with E-state index in [2.05, 4.69) is 35.7 Å². The molecule has 1 aliphatic carbocycles. The fourth-order valence-electron chi connectivity index (χ4n) is 2.91. The maximum atomic E-state index is 5.27. The van der Waals surface area contributed by atoms with Crippen LogP contribution in [-0.2, 0) is 5.41 Å². The van der Waals surface area contributed by atoms with Gasteiger partial charge in [0.25, 0.3) is 0 Å². The van der Waals surface area contributed by atoms with Crippen molar-refractivity contribution in [1.29, 1.82) is 0 Å². The molecular formula is C14H17NO. The lowest BCUT2D eigenvalue weighted by Crippen LogP contribution is -2.37. The van der Waals surface area contributed by atoms with Crippen molar-refractivity contribution in [2.45, 2.75) is 18.3 Å². The Morgan fingerprint density at radius 1 is 1.25 bits per heavy atom. The van der Waals surface area contributed by atoms with Gasteiger partial charge in [-0.15, -0.1) is 0 Å². The van der Waals surface area contributed by atoms with Crippen LogP contribution in [0.1, 0.15) is 24.0 Å². The summed E-state index contributed by atoms with van der Waals surface area (Å²) in [5.41, 5.74) is 3.11. The molecule has 1 spiro atoms. The quantitative estimate of drug-likeness (QED) is 0.776. The maximum absolute atomic E-state index is 5.27. The third-order valence-corrected chi connectivity index (χ3v) is 3.87. The Kier molecular flexibility index (Phi) is 2.25. The lowest BCUT2D eigenvalue weighted by atomic mass is 9.75. The van der Waals surface area contributed by atoms with E-state index in [1.54, 1.807) is 7.11 Å². The Morgan fingerprint density at radius 3 is 2.81 bits per heavy atom. The van der Waals surface area contributed by atoms with Gasteiger partial charge in [0.15, 0.2) is 0 Å². The molecule has 1 fully saturated rings. The average molecular weight is 215 g/mol. The topological polar surface area (TPSA) is 21.3 Å². The number of allylic oxidation sites excluding steroid dienone is 1.